The van der Waals surface area contributed by atoms with Gasteiger partial charge in [0.2, 0.25) is 5.56 Å². The standard InChI is InChI=1S/C7H7F3N2O/c8-7(9,10)6(11)4-2-1-3-5(13)12-4/h1-3,6H,11H2,(H,12,13)/t6-/m1/s1. The van der Waals surface area contributed by atoms with Gasteiger partial charge < -0.3 is 10.7 Å². The fraction of sp³-hybridized carbons (Fsp3) is 0.286. The average Bonchev–Trinajstić information content (AvgIpc) is 2.01. The van der Waals surface area contributed by atoms with E-state index in [2.05, 4.69) is 0 Å². The van der Waals surface area contributed by atoms with E-state index < -0.39 is 17.8 Å². The third-order valence-corrected chi connectivity index (χ3v) is 1.48. The minimum atomic E-state index is -4.54. The molecule has 0 amide bonds. The quantitative estimate of drug-likeness (QED) is 0.695. The van der Waals surface area contributed by atoms with Crippen molar-refractivity contribution >= 4 is 0 Å². The number of nitrogens with one attached hydrogen (secondary N) is 1. The zero-order chi connectivity index (χ0) is 10.1. The third kappa shape index (κ3) is 2.32. The van der Waals surface area contributed by atoms with Crippen LogP contribution in [0.1, 0.15) is 11.7 Å². The van der Waals surface area contributed by atoms with Crippen LogP contribution in [0.15, 0.2) is 23.0 Å². The van der Waals surface area contributed by atoms with Gasteiger partial charge in [0, 0.05) is 11.8 Å². The van der Waals surface area contributed by atoms with Crippen molar-refractivity contribution in [1.29, 1.82) is 0 Å². The average molecular weight is 192 g/mol. The maximum atomic E-state index is 12.0. The normalized spacial score (nSPS) is 14.2. The Balaban J connectivity index is 3.02. The molecule has 0 aromatic carbocycles. The van der Waals surface area contributed by atoms with Gasteiger partial charge in [0.15, 0.2) is 0 Å². The highest BCUT2D eigenvalue weighted by molar-refractivity contribution is 5.09. The third-order valence-electron chi connectivity index (χ3n) is 1.48. The Morgan fingerprint density at radius 3 is 2.46 bits per heavy atom. The summed E-state index contributed by atoms with van der Waals surface area (Å²) in [5.74, 6) is 0. The SMILES string of the molecule is N[C@H](c1cccc(=O)[nH]1)C(F)(F)F. The van der Waals surface area contributed by atoms with Gasteiger partial charge in [-0.1, -0.05) is 6.07 Å². The molecule has 1 atom stereocenters. The molecule has 0 aliphatic rings. The molecule has 0 unspecified atom stereocenters. The summed E-state index contributed by atoms with van der Waals surface area (Å²) in [7, 11) is 0. The molecule has 0 saturated carbocycles. The first-order chi connectivity index (χ1) is 5.91. The minimum Gasteiger partial charge on any atom is -0.324 e. The zero-order valence-electron chi connectivity index (χ0n) is 6.43. The molecule has 0 spiro atoms. The summed E-state index contributed by atoms with van der Waals surface area (Å²) < 4.78 is 36.1. The minimum absolute atomic E-state index is 0.333. The van der Waals surface area contributed by atoms with Crippen molar-refractivity contribution < 1.29 is 13.2 Å². The van der Waals surface area contributed by atoms with E-state index in [9.17, 15) is 18.0 Å². The lowest BCUT2D eigenvalue weighted by Gasteiger charge is -2.14. The van der Waals surface area contributed by atoms with Gasteiger partial charge in [0.05, 0.1) is 0 Å². The van der Waals surface area contributed by atoms with Crippen molar-refractivity contribution in [2.24, 2.45) is 5.73 Å². The van der Waals surface area contributed by atoms with Gasteiger partial charge in [-0.25, -0.2) is 0 Å². The molecule has 1 heterocycles. The number of hydrogen-bond donors (Lipinski definition) is 2. The Hall–Kier alpha value is -1.30. The highest BCUT2D eigenvalue weighted by Crippen LogP contribution is 2.28. The summed E-state index contributed by atoms with van der Waals surface area (Å²) in [5.41, 5.74) is 3.91. The first kappa shape index (κ1) is 9.79. The number of aromatic amines is 1. The number of rotatable bonds is 1. The van der Waals surface area contributed by atoms with Crippen molar-refractivity contribution in [3.63, 3.8) is 0 Å². The van der Waals surface area contributed by atoms with Crippen LogP contribution in [0.5, 0.6) is 0 Å². The maximum Gasteiger partial charge on any atom is 0.409 e. The van der Waals surface area contributed by atoms with Crippen LogP contribution in [0.2, 0.25) is 0 Å². The summed E-state index contributed by atoms with van der Waals surface area (Å²) >= 11 is 0. The fourth-order valence-electron chi connectivity index (χ4n) is 0.823. The molecule has 6 heteroatoms. The lowest BCUT2D eigenvalue weighted by molar-refractivity contribution is -0.150. The molecule has 0 fully saturated rings. The van der Waals surface area contributed by atoms with Crippen LogP contribution in [0.3, 0.4) is 0 Å². The van der Waals surface area contributed by atoms with Crippen molar-refractivity contribution in [1.82, 2.24) is 4.98 Å². The summed E-state index contributed by atoms with van der Waals surface area (Å²) in [6.45, 7) is 0. The molecule has 72 valence electrons. The van der Waals surface area contributed by atoms with Crippen LogP contribution in [0.4, 0.5) is 13.2 Å². The van der Waals surface area contributed by atoms with Crippen molar-refractivity contribution in [3.05, 3.63) is 34.2 Å². The Labute approximate surface area is 71.4 Å². The molecule has 1 rings (SSSR count). The highest BCUT2D eigenvalue weighted by Gasteiger charge is 2.38. The first-order valence-corrected chi connectivity index (χ1v) is 3.43. The van der Waals surface area contributed by atoms with Crippen LogP contribution in [0, 0.1) is 0 Å². The van der Waals surface area contributed by atoms with Crippen LogP contribution in [0.25, 0.3) is 0 Å². The molecule has 13 heavy (non-hydrogen) atoms. The monoisotopic (exact) mass is 192 g/mol. The highest BCUT2D eigenvalue weighted by atomic mass is 19.4. The molecule has 0 aliphatic carbocycles. The Morgan fingerprint density at radius 1 is 1.38 bits per heavy atom. The van der Waals surface area contributed by atoms with Gasteiger partial charge in [-0.15, -0.1) is 0 Å². The van der Waals surface area contributed by atoms with Gasteiger partial charge in [-0.05, 0) is 6.07 Å². The number of aromatic nitrogens is 1. The van der Waals surface area contributed by atoms with Crippen LogP contribution in [-0.4, -0.2) is 11.2 Å². The molecule has 0 aliphatic heterocycles. The first-order valence-electron chi connectivity index (χ1n) is 3.43. The maximum absolute atomic E-state index is 12.0. The molecule has 0 radical (unpaired) electrons. The summed E-state index contributed by atoms with van der Waals surface area (Å²) in [6.07, 6.45) is -4.54. The van der Waals surface area contributed by atoms with E-state index in [1.165, 1.54) is 6.07 Å². The van der Waals surface area contributed by atoms with Crippen LogP contribution < -0.4 is 11.3 Å². The molecular formula is C7H7F3N2O. The second kappa shape index (κ2) is 3.21. The second-order valence-electron chi connectivity index (χ2n) is 2.49. The largest absolute Gasteiger partial charge is 0.409 e. The van der Waals surface area contributed by atoms with E-state index in [1.54, 1.807) is 0 Å². The number of nitrogens with two attached hydrogens (primary N) is 1. The summed E-state index contributed by atoms with van der Waals surface area (Å²) in [5, 5.41) is 0. The van der Waals surface area contributed by atoms with E-state index in [-0.39, 0.29) is 5.69 Å². The van der Waals surface area contributed by atoms with E-state index in [4.69, 9.17) is 5.73 Å². The lowest BCUT2D eigenvalue weighted by atomic mass is 10.2. The van der Waals surface area contributed by atoms with Crippen LogP contribution in [-0.2, 0) is 0 Å². The Kier molecular flexibility index (Phi) is 2.42. The van der Waals surface area contributed by atoms with Gasteiger partial charge in [0.25, 0.3) is 0 Å². The number of pyridine rings is 1. The van der Waals surface area contributed by atoms with E-state index >= 15 is 0 Å². The zero-order valence-corrected chi connectivity index (χ0v) is 6.43. The molecule has 0 saturated heterocycles. The van der Waals surface area contributed by atoms with Crippen molar-refractivity contribution in [2.75, 3.05) is 0 Å². The number of halogens is 3. The van der Waals surface area contributed by atoms with E-state index in [0.717, 1.165) is 12.1 Å². The van der Waals surface area contributed by atoms with E-state index in [0.29, 0.717) is 0 Å². The Bertz CT molecular complexity index is 344. The van der Waals surface area contributed by atoms with Gasteiger partial charge in [-0.2, -0.15) is 13.2 Å². The topological polar surface area (TPSA) is 58.9 Å². The van der Waals surface area contributed by atoms with Gasteiger partial charge in [0.1, 0.15) is 6.04 Å². The summed E-state index contributed by atoms with van der Waals surface area (Å²) in [6, 6.07) is 1.33. The predicted molar refractivity (Wildman–Crippen MR) is 40.0 cm³/mol. The Morgan fingerprint density at radius 2 is 2.00 bits per heavy atom. The second-order valence-corrected chi connectivity index (χ2v) is 2.49. The predicted octanol–water partition coefficient (Wildman–Crippen LogP) is 0.937. The lowest BCUT2D eigenvalue weighted by Crippen LogP contribution is -2.30. The molecule has 1 aromatic rings. The van der Waals surface area contributed by atoms with Crippen molar-refractivity contribution in [3.8, 4) is 0 Å². The van der Waals surface area contributed by atoms with Gasteiger partial charge in [-0.3, -0.25) is 4.79 Å². The molecule has 3 N–H and O–H groups in total. The van der Waals surface area contributed by atoms with Crippen LogP contribution >= 0.6 is 0 Å². The smallest absolute Gasteiger partial charge is 0.324 e. The number of H-pyrrole nitrogens is 1. The number of alkyl halides is 3. The van der Waals surface area contributed by atoms with Crippen molar-refractivity contribution in [2.45, 2.75) is 12.2 Å². The molecule has 0 bridgehead atoms. The molecule has 3 nitrogen and oxygen atoms in total. The molecular weight excluding hydrogens is 185 g/mol. The van der Waals surface area contributed by atoms with E-state index in [1.807, 2.05) is 4.98 Å². The molecule has 1 aromatic heterocycles. The number of hydrogen-bond acceptors (Lipinski definition) is 2. The fourth-order valence-corrected chi connectivity index (χ4v) is 0.823. The summed E-state index contributed by atoms with van der Waals surface area (Å²) in [4.78, 5) is 12.7. The van der Waals surface area contributed by atoms with Gasteiger partial charge >= 0.3 is 6.18 Å².